The molecule has 4 unspecified atom stereocenters. The minimum atomic E-state index is -0.528. The molecule has 4 atom stereocenters. The Morgan fingerprint density at radius 3 is 1.61 bits per heavy atom. The number of aromatic nitrogens is 6. The van der Waals surface area contributed by atoms with E-state index >= 15 is 0 Å². The summed E-state index contributed by atoms with van der Waals surface area (Å²) in [5, 5.41) is 25.0. The third-order valence-electron chi connectivity index (χ3n) is 5.93. The summed E-state index contributed by atoms with van der Waals surface area (Å²) in [6.07, 6.45) is 1.94. The van der Waals surface area contributed by atoms with Gasteiger partial charge < -0.3 is 32.3 Å². The van der Waals surface area contributed by atoms with Crippen LogP contribution in [-0.4, -0.2) is 65.4 Å². The van der Waals surface area contributed by atoms with Crippen molar-refractivity contribution in [2.75, 3.05) is 35.2 Å². The molecule has 2 aromatic heterocycles. The second-order valence-corrected chi connectivity index (χ2v) is 8.66. The van der Waals surface area contributed by atoms with Crippen LogP contribution in [-0.2, 0) is 0 Å². The van der Waals surface area contributed by atoms with Crippen LogP contribution in [0.15, 0.2) is 0 Å². The lowest BCUT2D eigenvalue weighted by molar-refractivity contribution is 0.207. The molecule has 0 saturated heterocycles. The van der Waals surface area contributed by atoms with Crippen LogP contribution in [0.4, 0.5) is 23.8 Å². The molecule has 0 amide bonds. The van der Waals surface area contributed by atoms with E-state index < -0.39 is 12.2 Å². The third kappa shape index (κ3) is 4.90. The number of nitrogen functional groups attached to an aromatic ring is 2. The molecule has 31 heavy (non-hydrogen) atoms. The number of hydrogen-bond donors (Lipinski definition) is 6. The Hall–Kier alpha value is -2.86. The minimum Gasteiger partial charge on any atom is -0.392 e. The van der Waals surface area contributed by atoms with E-state index in [1.165, 1.54) is 0 Å². The smallest absolute Gasteiger partial charge is 0.227 e. The standard InChI is InChI=1S/C19H30N10O2/c1-8(30)6-22-18-26-14(24-16(20)28-18)12-4-10-3-11(12)13(5-10)15-25-17(21)29-19(27-15)23-7-9(2)31/h8-13,30-31H,3-7H2,1-2H3,(H3,20,22,24,26,28)(H3,21,23,25,27,29). The predicted octanol–water partition coefficient (Wildman–Crippen LogP) is 0.104. The average Bonchev–Trinajstić information content (AvgIpc) is 3.31. The molecule has 0 radical (unpaired) electrons. The van der Waals surface area contributed by atoms with Crippen molar-refractivity contribution in [2.24, 2.45) is 11.8 Å². The number of nitrogens with one attached hydrogen (secondary N) is 2. The molecule has 2 bridgehead atoms. The average molecular weight is 431 g/mol. The zero-order valence-corrected chi connectivity index (χ0v) is 17.7. The Labute approximate surface area is 180 Å². The van der Waals surface area contributed by atoms with E-state index in [1.54, 1.807) is 13.8 Å². The maximum absolute atomic E-state index is 9.51. The molecule has 2 aliphatic rings. The van der Waals surface area contributed by atoms with Crippen LogP contribution in [0.3, 0.4) is 0 Å². The summed E-state index contributed by atoms with van der Waals surface area (Å²) < 4.78 is 0. The van der Waals surface area contributed by atoms with E-state index in [4.69, 9.17) is 11.5 Å². The molecule has 2 heterocycles. The summed E-state index contributed by atoms with van der Waals surface area (Å²) in [7, 11) is 0. The summed E-state index contributed by atoms with van der Waals surface area (Å²) in [5.74, 6) is 3.41. The summed E-state index contributed by atoms with van der Waals surface area (Å²) in [6, 6.07) is 0. The van der Waals surface area contributed by atoms with Crippen LogP contribution < -0.4 is 22.1 Å². The number of hydrogen-bond acceptors (Lipinski definition) is 12. The fraction of sp³-hybridized carbons (Fsp3) is 0.684. The van der Waals surface area contributed by atoms with Gasteiger partial charge in [0.2, 0.25) is 23.8 Å². The first-order chi connectivity index (χ1) is 14.8. The first-order valence-electron chi connectivity index (χ1n) is 10.6. The first-order valence-corrected chi connectivity index (χ1v) is 10.6. The Morgan fingerprint density at radius 1 is 0.774 bits per heavy atom. The fourth-order valence-corrected chi connectivity index (χ4v) is 4.73. The molecule has 2 aliphatic carbocycles. The Bertz CT molecular complexity index is 853. The number of fused-ring (bicyclic) bond motifs is 2. The lowest BCUT2D eigenvalue weighted by Gasteiger charge is -2.28. The largest absolute Gasteiger partial charge is 0.392 e. The zero-order valence-electron chi connectivity index (χ0n) is 17.7. The van der Waals surface area contributed by atoms with Gasteiger partial charge in [-0.25, -0.2) is 0 Å². The van der Waals surface area contributed by atoms with E-state index in [1.807, 2.05) is 0 Å². The third-order valence-corrected chi connectivity index (χ3v) is 5.93. The number of nitrogens with two attached hydrogens (primary N) is 2. The highest BCUT2D eigenvalue weighted by Gasteiger charge is 2.49. The van der Waals surface area contributed by atoms with Gasteiger partial charge in [-0.1, -0.05) is 0 Å². The molecule has 0 aliphatic heterocycles. The van der Waals surface area contributed by atoms with Gasteiger partial charge in [-0.15, -0.1) is 0 Å². The number of aliphatic hydroxyl groups is 2. The summed E-state index contributed by atoms with van der Waals surface area (Å²) >= 11 is 0. The minimum absolute atomic E-state index is 0.119. The van der Waals surface area contributed by atoms with Gasteiger partial charge in [-0.3, -0.25) is 0 Å². The number of nitrogens with zero attached hydrogens (tertiary/aromatic N) is 6. The Balaban J connectivity index is 1.56. The van der Waals surface area contributed by atoms with Gasteiger partial charge in [-0.2, -0.15) is 29.9 Å². The molecule has 2 saturated carbocycles. The molecule has 12 heteroatoms. The van der Waals surface area contributed by atoms with E-state index in [0.29, 0.717) is 42.6 Å². The van der Waals surface area contributed by atoms with Crippen molar-refractivity contribution in [3.63, 3.8) is 0 Å². The summed E-state index contributed by atoms with van der Waals surface area (Å²) in [6.45, 7) is 4.02. The number of aliphatic hydroxyl groups excluding tert-OH is 2. The quantitative estimate of drug-likeness (QED) is 0.331. The summed E-state index contributed by atoms with van der Waals surface area (Å²) in [5.41, 5.74) is 11.9. The van der Waals surface area contributed by atoms with Crippen LogP contribution >= 0.6 is 0 Å². The van der Waals surface area contributed by atoms with E-state index in [-0.39, 0.29) is 29.7 Å². The lowest BCUT2D eigenvalue weighted by atomic mass is 9.79. The molecule has 8 N–H and O–H groups in total. The van der Waals surface area contributed by atoms with Crippen LogP contribution in [0.2, 0.25) is 0 Å². The maximum atomic E-state index is 9.51. The normalized spacial score (nSPS) is 26.6. The van der Waals surface area contributed by atoms with Crippen molar-refractivity contribution in [3.05, 3.63) is 11.6 Å². The second-order valence-electron chi connectivity index (χ2n) is 8.66. The van der Waals surface area contributed by atoms with Gasteiger partial charge in [0.25, 0.3) is 0 Å². The highest BCUT2D eigenvalue weighted by atomic mass is 16.3. The van der Waals surface area contributed by atoms with Crippen LogP contribution in [0.1, 0.15) is 56.6 Å². The molecule has 4 rings (SSSR count). The van der Waals surface area contributed by atoms with Gasteiger partial charge in [0.15, 0.2) is 0 Å². The molecule has 168 valence electrons. The van der Waals surface area contributed by atoms with Gasteiger partial charge in [0.1, 0.15) is 11.6 Å². The van der Waals surface area contributed by atoms with E-state index in [9.17, 15) is 10.2 Å². The lowest BCUT2D eigenvalue weighted by Crippen LogP contribution is -2.24. The first kappa shape index (κ1) is 21.4. The molecule has 12 nitrogen and oxygen atoms in total. The molecule has 2 aromatic rings. The highest BCUT2D eigenvalue weighted by molar-refractivity contribution is 5.35. The van der Waals surface area contributed by atoms with Crippen molar-refractivity contribution in [2.45, 2.75) is 57.2 Å². The van der Waals surface area contributed by atoms with Gasteiger partial charge in [-0.05, 0) is 44.9 Å². The van der Waals surface area contributed by atoms with E-state index in [2.05, 4.69) is 40.5 Å². The zero-order chi connectivity index (χ0) is 22.1. The predicted molar refractivity (Wildman–Crippen MR) is 115 cm³/mol. The highest BCUT2D eigenvalue weighted by Crippen LogP contribution is 2.58. The molecule has 0 aromatic carbocycles. The van der Waals surface area contributed by atoms with Crippen LogP contribution in [0.25, 0.3) is 0 Å². The summed E-state index contributed by atoms with van der Waals surface area (Å²) in [4.78, 5) is 26.2. The Kier molecular flexibility index (Phi) is 6.01. The van der Waals surface area contributed by atoms with Gasteiger partial charge in [0, 0.05) is 24.9 Å². The van der Waals surface area contributed by atoms with Crippen LogP contribution in [0.5, 0.6) is 0 Å². The molecular weight excluding hydrogens is 400 g/mol. The van der Waals surface area contributed by atoms with Crippen molar-refractivity contribution < 1.29 is 10.2 Å². The van der Waals surface area contributed by atoms with Gasteiger partial charge >= 0.3 is 0 Å². The number of anilines is 4. The SMILES string of the molecule is CC(O)CNc1nc(N)nc(C2CC3CC(c4nc(N)nc(NCC(C)O)n4)C2C3)n1. The second kappa shape index (κ2) is 8.71. The maximum Gasteiger partial charge on any atom is 0.227 e. The van der Waals surface area contributed by atoms with Crippen molar-refractivity contribution in [1.29, 1.82) is 0 Å². The van der Waals surface area contributed by atoms with Gasteiger partial charge in [0.05, 0.1) is 12.2 Å². The molecule has 2 fully saturated rings. The van der Waals surface area contributed by atoms with Crippen molar-refractivity contribution in [1.82, 2.24) is 29.9 Å². The van der Waals surface area contributed by atoms with E-state index in [0.717, 1.165) is 19.3 Å². The van der Waals surface area contributed by atoms with Crippen LogP contribution in [0, 0.1) is 11.8 Å². The number of rotatable bonds is 8. The monoisotopic (exact) mass is 430 g/mol. The Morgan fingerprint density at radius 2 is 1.23 bits per heavy atom. The van der Waals surface area contributed by atoms with Crippen molar-refractivity contribution >= 4 is 23.8 Å². The van der Waals surface area contributed by atoms with Crippen molar-refractivity contribution in [3.8, 4) is 0 Å². The molecule has 0 spiro atoms. The fourth-order valence-electron chi connectivity index (χ4n) is 4.73. The topological polar surface area (TPSA) is 194 Å². The molecular formula is C19H30N10O2.